The van der Waals surface area contributed by atoms with Crippen molar-refractivity contribution >= 4 is 0 Å². The Labute approximate surface area is 118 Å². The van der Waals surface area contributed by atoms with E-state index in [0.717, 1.165) is 17.3 Å². The van der Waals surface area contributed by atoms with Crippen molar-refractivity contribution in [2.45, 2.75) is 25.9 Å². The highest BCUT2D eigenvalue weighted by atomic mass is 16.6. The number of hydrogen-bond donors (Lipinski definition) is 1. The monoisotopic (exact) mass is 273 g/mol. The van der Waals surface area contributed by atoms with Gasteiger partial charge in [-0.05, 0) is 43.7 Å². The van der Waals surface area contributed by atoms with Crippen molar-refractivity contribution in [3.8, 4) is 11.5 Å². The molecule has 0 spiro atoms. The molecular weight excluding hydrogens is 254 g/mol. The Bertz CT molecular complexity index is 565. The van der Waals surface area contributed by atoms with Gasteiger partial charge in [0.2, 0.25) is 0 Å². The van der Waals surface area contributed by atoms with Gasteiger partial charge in [0.15, 0.2) is 11.5 Å². The van der Waals surface area contributed by atoms with Crippen LogP contribution in [-0.2, 0) is 0 Å². The van der Waals surface area contributed by atoms with Crippen LogP contribution in [0.15, 0.2) is 41.0 Å². The Morgan fingerprint density at radius 1 is 1.00 bits per heavy atom. The number of rotatable bonds is 4. The first-order chi connectivity index (χ1) is 9.74. The summed E-state index contributed by atoms with van der Waals surface area (Å²) < 4.78 is 16.6. The maximum absolute atomic E-state index is 5.62. The predicted octanol–water partition coefficient (Wildman–Crippen LogP) is 3.46. The fraction of sp³-hybridized carbons (Fsp3) is 0.375. The molecule has 2 atom stereocenters. The standard InChI is InChI=1S/C16H19NO3/c1-11(17-12(2)14-4-3-7-18-14)13-5-6-15-16(10-13)20-9-8-19-15/h3-7,10-12,17H,8-9H2,1-2H3. The van der Waals surface area contributed by atoms with Crippen molar-refractivity contribution in [3.05, 3.63) is 47.9 Å². The van der Waals surface area contributed by atoms with Gasteiger partial charge in [-0.25, -0.2) is 0 Å². The highest BCUT2D eigenvalue weighted by Gasteiger charge is 2.17. The smallest absolute Gasteiger partial charge is 0.161 e. The highest BCUT2D eigenvalue weighted by molar-refractivity contribution is 5.44. The lowest BCUT2D eigenvalue weighted by molar-refractivity contribution is 0.171. The molecular formula is C16H19NO3. The third-order valence-corrected chi connectivity index (χ3v) is 3.54. The summed E-state index contributed by atoms with van der Waals surface area (Å²) in [5.41, 5.74) is 1.17. The maximum atomic E-state index is 5.62. The molecule has 2 unspecified atom stereocenters. The number of furan rings is 1. The summed E-state index contributed by atoms with van der Waals surface area (Å²) in [4.78, 5) is 0. The molecule has 0 radical (unpaired) electrons. The maximum Gasteiger partial charge on any atom is 0.161 e. The van der Waals surface area contributed by atoms with Crippen LogP contribution in [0.25, 0.3) is 0 Å². The minimum Gasteiger partial charge on any atom is -0.486 e. The molecule has 2 aromatic rings. The molecule has 0 bridgehead atoms. The Balaban J connectivity index is 1.72. The molecule has 1 aromatic carbocycles. The molecule has 4 nitrogen and oxygen atoms in total. The van der Waals surface area contributed by atoms with Crippen LogP contribution in [0.2, 0.25) is 0 Å². The lowest BCUT2D eigenvalue weighted by atomic mass is 10.1. The second kappa shape index (κ2) is 5.59. The summed E-state index contributed by atoms with van der Waals surface area (Å²) in [6, 6.07) is 10.3. The number of ether oxygens (including phenoxy) is 2. The van der Waals surface area contributed by atoms with E-state index < -0.39 is 0 Å². The largest absolute Gasteiger partial charge is 0.486 e. The van der Waals surface area contributed by atoms with E-state index in [0.29, 0.717) is 13.2 Å². The van der Waals surface area contributed by atoms with E-state index >= 15 is 0 Å². The minimum absolute atomic E-state index is 0.160. The molecule has 3 rings (SSSR count). The number of nitrogens with one attached hydrogen (secondary N) is 1. The van der Waals surface area contributed by atoms with Gasteiger partial charge in [0.1, 0.15) is 19.0 Å². The average molecular weight is 273 g/mol. The van der Waals surface area contributed by atoms with Crippen molar-refractivity contribution in [1.82, 2.24) is 5.32 Å². The Kier molecular flexibility index (Phi) is 3.65. The molecule has 1 N–H and O–H groups in total. The van der Waals surface area contributed by atoms with E-state index in [1.54, 1.807) is 6.26 Å². The lowest BCUT2D eigenvalue weighted by Crippen LogP contribution is -2.22. The van der Waals surface area contributed by atoms with Crippen LogP contribution in [0, 0.1) is 0 Å². The molecule has 20 heavy (non-hydrogen) atoms. The van der Waals surface area contributed by atoms with E-state index in [2.05, 4.69) is 25.2 Å². The van der Waals surface area contributed by atoms with Crippen molar-refractivity contribution < 1.29 is 13.9 Å². The van der Waals surface area contributed by atoms with Gasteiger partial charge in [-0.1, -0.05) is 6.07 Å². The molecule has 0 amide bonds. The van der Waals surface area contributed by atoms with Crippen LogP contribution in [-0.4, -0.2) is 13.2 Å². The third kappa shape index (κ3) is 2.65. The zero-order valence-corrected chi connectivity index (χ0v) is 11.8. The molecule has 1 aromatic heterocycles. The minimum atomic E-state index is 0.160. The normalized spacial score (nSPS) is 16.7. The number of benzene rings is 1. The molecule has 0 fully saturated rings. The third-order valence-electron chi connectivity index (χ3n) is 3.54. The van der Waals surface area contributed by atoms with Gasteiger partial charge in [0.05, 0.1) is 12.3 Å². The summed E-state index contributed by atoms with van der Waals surface area (Å²) in [5, 5.41) is 3.52. The van der Waals surface area contributed by atoms with Gasteiger partial charge in [0, 0.05) is 6.04 Å². The van der Waals surface area contributed by atoms with Gasteiger partial charge in [0.25, 0.3) is 0 Å². The molecule has 0 aliphatic carbocycles. The second-order valence-corrected chi connectivity index (χ2v) is 5.03. The summed E-state index contributed by atoms with van der Waals surface area (Å²) in [6.45, 7) is 5.45. The summed E-state index contributed by atoms with van der Waals surface area (Å²) in [7, 11) is 0. The first kappa shape index (κ1) is 13.1. The molecule has 1 aliphatic rings. The van der Waals surface area contributed by atoms with E-state index in [-0.39, 0.29) is 12.1 Å². The van der Waals surface area contributed by atoms with E-state index in [9.17, 15) is 0 Å². The molecule has 4 heteroatoms. The Morgan fingerprint density at radius 2 is 1.80 bits per heavy atom. The topological polar surface area (TPSA) is 43.6 Å². The molecule has 0 saturated carbocycles. The Morgan fingerprint density at radius 3 is 2.55 bits per heavy atom. The quantitative estimate of drug-likeness (QED) is 0.926. The van der Waals surface area contributed by atoms with E-state index in [1.807, 2.05) is 24.3 Å². The highest BCUT2D eigenvalue weighted by Crippen LogP contribution is 2.33. The van der Waals surface area contributed by atoms with Gasteiger partial charge >= 0.3 is 0 Å². The fourth-order valence-corrected chi connectivity index (χ4v) is 2.42. The van der Waals surface area contributed by atoms with Crippen molar-refractivity contribution in [1.29, 1.82) is 0 Å². The van der Waals surface area contributed by atoms with Crippen molar-refractivity contribution in [2.24, 2.45) is 0 Å². The van der Waals surface area contributed by atoms with Gasteiger partial charge in [-0.15, -0.1) is 0 Å². The van der Waals surface area contributed by atoms with E-state index in [4.69, 9.17) is 13.9 Å². The van der Waals surface area contributed by atoms with Crippen molar-refractivity contribution in [3.63, 3.8) is 0 Å². The van der Waals surface area contributed by atoms with Crippen LogP contribution < -0.4 is 14.8 Å². The number of fused-ring (bicyclic) bond motifs is 1. The summed E-state index contributed by atoms with van der Waals surface area (Å²) in [5.74, 6) is 2.59. The fourth-order valence-electron chi connectivity index (χ4n) is 2.42. The molecule has 106 valence electrons. The summed E-state index contributed by atoms with van der Waals surface area (Å²) >= 11 is 0. The van der Waals surface area contributed by atoms with Gasteiger partial charge < -0.3 is 19.2 Å². The summed E-state index contributed by atoms with van der Waals surface area (Å²) in [6.07, 6.45) is 1.70. The van der Waals surface area contributed by atoms with Crippen molar-refractivity contribution in [2.75, 3.05) is 13.2 Å². The van der Waals surface area contributed by atoms with Crippen LogP contribution in [0.4, 0.5) is 0 Å². The Hall–Kier alpha value is -1.94. The first-order valence-corrected chi connectivity index (χ1v) is 6.93. The van der Waals surface area contributed by atoms with Crippen LogP contribution in [0.5, 0.6) is 11.5 Å². The zero-order chi connectivity index (χ0) is 13.9. The van der Waals surface area contributed by atoms with Gasteiger partial charge in [-0.2, -0.15) is 0 Å². The first-order valence-electron chi connectivity index (χ1n) is 6.93. The van der Waals surface area contributed by atoms with Crippen LogP contribution in [0.3, 0.4) is 0 Å². The van der Waals surface area contributed by atoms with Crippen LogP contribution >= 0.6 is 0 Å². The molecule has 0 saturated heterocycles. The van der Waals surface area contributed by atoms with Crippen LogP contribution in [0.1, 0.15) is 37.3 Å². The van der Waals surface area contributed by atoms with E-state index in [1.165, 1.54) is 5.56 Å². The predicted molar refractivity (Wildman–Crippen MR) is 76.1 cm³/mol. The average Bonchev–Trinajstić information content (AvgIpc) is 3.01. The lowest BCUT2D eigenvalue weighted by Gasteiger charge is -2.22. The molecule has 1 aliphatic heterocycles. The molecule has 2 heterocycles. The number of hydrogen-bond acceptors (Lipinski definition) is 4. The SMILES string of the molecule is CC(NC(C)c1ccco1)c1ccc2c(c1)OCCO2. The zero-order valence-electron chi connectivity index (χ0n) is 11.8. The van der Waals surface area contributed by atoms with Gasteiger partial charge in [-0.3, -0.25) is 0 Å². The second-order valence-electron chi connectivity index (χ2n) is 5.03.